The number of phosphoric ester groups is 2. The van der Waals surface area contributed by atoms with Crippen LogP contribution in [0, 0.1) is 11.8 Å². The monoisotopic (exact) mass is 1720 g/mol. The molecule has 0 heterocycles. The van der Waals surface area contributed by atoms with E-state index >= 15 is 0 Å². The van der Waals surface area contributed by atoms with E-state index in [1.807, 2.05) is 0 Å². The van der Waals surface area contributed by atoms with Gasteiger partial charge in [-0.1, -0.05) is 491 Å². The van der Waals surface area contributed by atoms with E-state index < -0.39 is 97.5 Å². The first-order chi connectivity index (χ1) is 57.4. The predicted molar refractivity (Wildman–Crippen MR) is 492 cm³/mol. The van der Waals surface area contributed by atoms with Crippen LogP contribution in [0.5, 0.6) is 0 Å². The lowest BCUT2D eigenvalue weighted by Crippen LogP contribution is -2.30. The molecule has 0 aromatic heterocycles. The SMILES string of the molecule is CCCCCCCCCCCCCCCCCCCCCCCCC(=O)O[C@H](COC(=O)CCCCCCCCCCCCCC)COP(=O)(O)OC[C@H](O)COP(=O)(O)OC[C@@H](COC(=O)CCCCCCCCCCCCCCCCCCCCC(C)CC)OC(=O)CCCCCCCCCCCCCCCCCCCCC(C)CC. The fourth-order valence-corrected chi connectivity index (χ4v) is 17.2. The number of rotatable bonds is 98. The maximum Gasteiger partial charge on any atom is 0.472 e. The molecular weight excluding hydrogens is 1520 g/mol. The Morgan fingerprint density at radius 3 is 0.602 bits per heavy atom. The third-order valence-electron chi connectivity index (χ3n) is 24.2. The maximum absolute atomic E-state index is 13.2. The van der Waals surface area contributed by atoms with E-state index in [-0.39, 0.29) is 25.7 Å². The molecule has 17 nitrogen and oxygen atoms in total. The molecule has 0 radical (unpaired) electrons. The smallest absolute Gasteiger partial charge is 0.462 e. The number of esters is 4. The number of carbonyl (C=O) groups is 4. The van der Waals surface area contributed by atoms with Crippen molar-refractivity contribution in [3.05, 3.63) is 0 Å². The molecule has 4 unspecified atom stereocenters. The Bertz CT molecular complexity index is 2240. The summed E-state index contributed by atoms with van der Waals surface area (Å²) in [4.78, 5) is 73.7. The Hall–Kier alpha value is -1.94. The normalized spacial score (nSPS) is 14.1. The number of hydrogen-bond acceptors (Lipinski definition) is 15. The number of unbranched alkanes of at least 4 members (excludes halogenated alkanes) is 66. The largest absolute Gasteiger partial charge is 0.472 e. The zero-order valence-corrected chi connectivity index (χ0v) is 80.0. The molecule has 3 N–H and O–H groups in total. The van der Waals surface area contributed by atoms with Gasteiger partial charge in [-0.2, -0.15) is 0 Å². The van der Waals surface area contributed by atoms with Crippen molar-refractivity contribution in [2.45, 2.75) is 561 Å². The summed E-state index contributed by atoms with van der Waals surface area (Å²) in [5.41, 5.74) is 0. The average Bonchev–Trinajstić information content (AvgIpc) is 0.899. The highest BCUT2D eigenvalue weighted by Gasteiger charge is 2.31. The van der Waals surface area contributed by atoms with Crippen LogP contribution in [0.15, 0.2) is 0 Å². The van der Waals surface area contributed by atoms with Gasteiger partial charge in [-0.25, -0.2) is 9.13 Å². The molecule has 7 atom stereocenters. The minimum Gasteiger partial charge on any atom is -0.462 e. The third-order valence-corrected chi connectivity index (χ3v) is 26.1. The van der Waals surface area contributed by atoms with E-state index in [0.29, 0.717) is 25.7 Å². The zero-order valence-electron chi connectivity index (χ0n) is 78.2. The first-order valence-electron chi connectivity index (χ1n) is 51.1. The van der Waals surface area contributed by atoms with Crippen LogP contribution in [-0.4, -0.2) is 96.7 Å². The number of phosphoric acid groups is 2. The lowest BCUT2D eigenvalue weighted by Gasteiger charge is -2.21. The van der Waals surface area contributed by atoms with Gasteiger partial charge in [-0.05, 0) is 37.5 Å². The zero-order chi connectivity index (χ0) is 86.2. The summed E-state index contributed by atoms with van der Waals surface area (Å²) in [5.74, 6) is -0.341. The van der Waals surface area contributed by atoms with E-state index in [4.69, 9.17) is 37.0 Å². The quantitative estimate of drug-likeness (QED) is 0.0222. The van der Waals surface area contributed by atoms with Crippen LogP contribution in [0.4, 0.5) is 0 Å². The van der Waals surface area contributed by atoms with Gasteiger partial charge < -0.3 is 33.8 Å². The van der Waals surface area contributed by atoms with Crippen LogP contribution in [-0.2, 0) is 65.4 Å². The second kappa shape index (κ2) is 89.9. The molecule has 0 bridgehead atoms. The van der Waals surface area contributed by atoms with Crippen molar-refractivity contribution < 1.29 is 80.2 Å². The molecule has 0 aromatic rings. The minimum atomic E-state index is -4.97. The summed E-state index contributed by atoms with van der Waals surface area (Å²) < 4.78 is 69.3. The van der Waals surface area contributed by atoms with E-state index in [9.17, 15) is 43.2 Å². The number of aliphatic hydroxyl groups excluding tert-OH is 1. The van der Waals surface area contributed by atoms with E-state index in [0.717, 1.165) is 102 Å². The van der Waals surface area contributed by atoms with Gasteiger partial charge in [-0.15, -0.1) is 0 Å². The summed E-state index contributed by atoms with van der Waals surface area (Å²) >= 11 is 0. The first-order valence-corrected chi connectivity index (χ1v) is 54.1. The number of aliphatic hydroxyl groups is 1. The summed E-state index contributed by atoms with van der Waals surface area (Å²) in [5, 5.41) is 10.7. The molecule has 0 spiro atoms. The van der Waals surface area contributed by atoms with Gasteiger partial charge in [-0.3, -0.25) is 37.3 Å². The lowest BCUT2D eigenvalue weighted by atomic mass is 9.99. The van der Waals surface area contributed by atoms with Crippen LogP contribution < -0.4 is 0 Å². The van der Waals surface area contributed by atoms with Crippen molar-refractivity contribution in [2.24, 2.45) is 11.8 Å². The van der Waals surface area contributed by atoms with Gasteiger partial charge in [0.25, 0.3) is 0 Å². The molecule has 19 heteroatoms. The molecule has 0 fully saturated rings. The van der Waals surface area contributed by atoms with Gasteiger partial charge >= 0.3 is 39.5 Å². The summed E-state index contributed by atoms with van der Waals surface area (Å²) in [7, 11) is -9.95. The molecule has 0 amide bonds. The highest BCUT2D eigenvalue weighted by Crippen LogP contribution is 2.45. The Labute approximate surface area is 728 Å². The highest BCUT2D eigenvalue weighted by molar-refractivity contribution is 7.47. The van der Waals surface area contributed by atoms with Crippen molar-refractivity contribution in [3.8, 4) is 0 Å². The van der Waals surface area contributed by atoms with E-state index in [1.165, 1.54) is 360 Å². The fraction of sp³-hybridized carbons (Fsp3) is 0.960. The maximum atomic E-state index is 13.2. The first kappa shape index (κ1) is 116. The molecule has 0 aromatic carbocycles. The second-order valence-electron chi connectivity index (χ2n) is 36.0. The van der Waals surface area contributed by atoms with Gasteiger partial charge in [0.2, 0.25) is 0 Å². The number of carbonyl (C=O) groups excluding carboxylic acids is 4. The average molecular weight is 1720 g/mol. The van der Waals surface area contributed by atoms with Crippen molar-refractivity contribution in [1.29, 1.82) is 0 Å². The Kier molecular flexibility index (Phi) is 88.4. The highest BCUT2D eigenvalue weighted by atomic mass is 31.2. The van der Waals surface area contributed by atoms with Gasteiger partial charge in [0.05, 0.1) is 26.4 Å². The van der Waals surface area contributed by atoms with Crippen molar-refractivity contribution in [2.75, 3.05) is 39.6 Å². The Balaban J connectivity index is 5.23. The van der Waals surface area contributed by atoms with Crippen molar-refractivity contribution in [3.63, 3.8) is 0 Å². The molecular formula is C99H194O17P2. The fourth-order valence-electron chi connectivity index (χ4n) is 15.7. The molecule has 0 aliphatic carbocycles. The molecule has 0 saturated heterocycles. The van der Waals surface area contributed by atoms with Crippen molar-refractivity contribution >= 4 is 39.5 Å². The van der Waals surface area contributed by atoms with Crippen LogP contribution in [0.1, 0.15) is 542 Å². The van der Waals surface area contributed by atoms with E-state index in [2.05, 4.69) is 41.5 Å². The topological polar surface area (TPSA) is 237 Å². The summed E-state index contributed by atoms with van der Waals surface area (Å²) in [6, 6.07) is 0. The molecule has 0 saturated carbocycles. The molecule has 0 aliphatic heterocycles. The Morgan fingerprint density at radius 1 is 0.237 bits per heavy atom. The van der Waals surface area contributed by atoms with Crippen LogP contribution in [0.2, 0.25) is 0 Å². The van der Waals surface area contributed by atoms with Gasteiger partial charge in [0.15, 0.2) is 12.2 Å². The summed E-state index contributed by atoms with van der Waals surface area (Å²) in [6.45, 7) is 9.88. The van der Waals surface area contributed by atoms with Crippen LogP contribution >= 0.6 is 15.6 Å². The second-order valence-corrected chi connectivity index (χ2v) is 38.9. The lowest BCUT2D eigenvalue weighted by molar-refractivity contribution is -0.161. The molecule has 0 rings (SSSR count). The Morgan fingerprint density at radius 2 is 0.407 bits per heavy atom. The van der Waals surface area contributed by atoms with Gasteiger partial charge in [0, 0.05) is 25.7 Å². The predicted octanol–water partition coefficient (Wildman–Crippen LogP) is 31.3. The van der Waals surface area contributed by atoms with Crippen molar-refractivity contribution in [1.82, 2.24) is 0 Å². The minimum absolute atomic E-state index is 0.109. The molecule has 118 heavy (non-hydrogen) atoms. The number of ether oxygens (including phenoxy) is 4. The molecule has 702 valence electrons. The van der Waals surface area contributed by atoms with Gasteiger partial charge in [0.1, 0.15) is 19.3 Å². The summed E-state index contributed by atoms with van der Waals surface area (Å²) in [6.07, 6.45) is 87.6. The standard InChI is InChI=1S/C99H194O17P2/c1-7-11-13-15-17-19-21-23-24-25-26-27-28-29-37-42-47-53-59-65-71-77-83-98(103)115-94(87-109-96(101)81-75-69-63-57-51-22-20-18-16-14-12-8-2)89-113-117(105,106)111-85-93(100)86-112-118(107,108)114-90-95(116-99(104)84-78-72-66-60-54-48-43-38-33-31-35-40-45-50-56-62-68-74-80-92(6)10-4)88-110-97(102)82-76-70-64-58-52-46-41-36-32-30-34-39-44-49-55-61-67-73-79-91(5)9-3/h91-95,100H,7-90H2,1-6H3,(H,105,106)(H,107,108)/t91?,92?,93-,94+,95+/m0/s1. The number of hydrogen-bond donors (Lipinski definition) is 3. The van der Waals surface area contributed by atoms with E-state index in [1.54, 1.807) is 0 Å². The third kappa shape index (κ3) is 88.9. The van der Waals surface area contributed by atoms with Crippen LogP contribution in [0.3, 0.4) is 0 Å². The molecule has 0 aliphatic rings. The van der Waals surface area contributed by atoms with Crippen LogP contribution in [0.25, 0.3) is 0 Å².